The maximum absolute atomic E-state index is 13.2. The number of nitro benzene ring substituents is 1. The van der Waals surface area contributed by atoms with Crippen LogP contribution in [-0.2, 0) is 26.1 Å². The monoisotopic (exact) mass is 364 g/mol. The summed E-state index contributed by atoms with van der Waals surface area (Å²) < 4.78 is 38.2. The van der Waals surface area contributed by atoms with Crippen LogP contribution in [0.2, 0.25) is 0 Å². The molecule has 0 aliphatic carbocycles. The predicted molar refractivity (Wildman–Crippen MR) is 89.7 cm³/mol. The van der Waals surface area contributed by atoms with Gasteiger partial charge in [0.05, 0.1) is 23.8 Å². The molecule has 9 heteroatoms. The molecule has 0 bridgehead atoms. The molecular weight excluding hydrogens is 348 g/mol. The molecule has 2 aromatic carbocycles. The third kappa shape index (κ3) is 3.21. The van der Waals surface area contributed by atoms with Crippen molar-refractivity contribution in [2.24, 2.45) is 0 Å². The van der Waals surface area contributed by atoms with Crippen molar-refractivity contribution in [2.75, 3.05) is 18.0 Å². The number of para-hydroxylation sites is 2. The molecule has 1 aliphatic rings. The van der Waals surface area contributed by atoms with E-state index in [9.17, 15) is 18.5 Å². The van der Waals surface area contributed by atoms with Crippen LogP contribution in [0.1, 0.15) is 5.56 Å². The average Bonchev–Trinajstić information content (AvgIpc) is 2.81. The van der Waals surface area contributed by atoms with Gasteiger partial charge in [-0.25, -0.2) is 8.42 Å². The van der Waals surface area contributed by atoms with Gasteiger partial charge in [-0.1, -0.05) is 30.3 Å². The van der Waals surface area contributed by atoms with E-state index in [-0.39, 0.29) is 18.0 Å². The van der Waals surface area contributed by atoms with E-state index in [0.717, 1.165) is 4.31 Å². The maximum atomic E-state index is 13.2. The van der Waals surface area contributed by atoms with Gasteiger partial charge in [0.1, 0.15) is 0 Å². The van der Waals surface area contributed by atoms with Crippen LogP contribution < -0.4 is 4.31 Å². The van der Waals surface area contributed by atoms with Crippen molar-refractivity contribution in [3.05, 3.63) is 64.2 Å². The fourth-order valence-electron chi connectivity index (χ4n) is 2.66. The molecule has 2 aromatic rings. The number of nitro groups is 1. The zero-order valence-electron chi connectivity index (χ0n) is 13.4. The molecular formula is C16H16N2O6S. The number of methoxy groups -OCH3 is 1. The smallest absolute Gasteiger partial charge is 0.289 e. The summed E-state index contributed by atoms with van der Waals surface area (Å²) in [5.74, 6) is 0. The van der Waals surface area contributed by atoms with Gasteiger partial charge in [0, 0.05) is 18.7 Å². The molecule has 0 spiro atoms. The van der Waals surface area contributed by atoms with Gasteiger partial charge >= 0.3 is 0 Å². The lowest BCUT2D eigenvalue weighted by Gasteiger charge is -2.25. The first kappa shape index (κ1) is 17.3. The summed E-state index contributed by atoms with van der Waals surface area (Å²) >= 11 is 0. The summed E-state index contributed by atoms with van der Waals surface area (Å²) in [5.41, 5.74) is 0.600. The van der Waals surface area contributed by atoms with E-state index in [0.29, 0.717) is 11.3 Å². The Morgan fingerprint density at radius 2 is 1.88 bits per heavy atom. The molecule has 0 saturated carbocycles. The number of rotatable bonds is 4. The highest BCUT2D eigenvalue weighted by atomic mass is 32.2. The maximum Gasteiger partial charge on any atom is 0.289 e. The van der Waals surface area contributed by atoms with Crippen LogP contribution in [-0.4, -0.2) is 33.3 Å². The van der Waals surface area contributed by atoms with Gasteiger partial charge in [-0.05, 0) is 12.1 Å². The minimum absolute atomic E-state index is 0.109. The van der Waals surface area contributed by atoms with Crippen molar-refractivity contribution in [2.45, 2.75) is 17.8 Å². The number of benzene rings is 2. The molecule has 1 atom stereocenters. The molecule has 25 heavy (non-hydrogen) atoms. The third-order valence-electron chi connectivity index (χ3n) is 3.89. The highest BCUT2D eigenvalue weighted by molar-refractivity contribution is 7.93. The normalized spacial score (nSPS) is 17.6. The second-order valence-corrected chi connectivity index (χ2v) is 7.20. The summed E-state index contributed by atoms with van der Waals surface area (Å²) in [5, 5.41) is 11.3. The molecule has 1 unspecified atom stereocenters. The van der Waals surface area contributed by atoms with Crippen LogP contribution in [0.3, 0.4) is 0 Å². The fourth-order valence-corrected chi connectivity index (χ4v) is 4.31. The van der Waals surface area contributed by atoms with Crippen LogP contribution in [0.15, 0.2) is 53.4 Å². The molecule has 1 aliphatic heterocycles. The summed E-state index contributed by atoms with van der Waals surface area (Å²) in [4.78, 5) is 10.2. The van der Waals surface area contributed by atoms with Gasteiger partial charge in [-0.3, -0.25) is 14.4 Å². The highest BCUT2D eigenvalue weighted by Crippen LogP contribution is 2.33. The van der Waals surface area contributed by atoms with E-state index in [1.807, 2.05) is 0 Å². The van der Waals surface area contributed by atoms with Crippen LogP contribution in [0, 0.1) is 10.1 Å². The molecule has 0 saturated heterocycles. The highest BCUT2D eigenvalue weighted by Gasteiger charge is 2.35. The van der Waals surface area contributed by atoms with Crippen LogP contribution in [0.4, 0.5) is 11.4 Å². The minimum Gasteiger partial charge on any atom is -0.354 e. The zero-order chi connectivity index (χ0) is 18.0. The van der Waals surface area contributed by atoms with E-state index in [2.05, 4.69) is 0 Å². The largest absolute Gasteiger partial charge is 0.354 e. The molecule has 0 N–H and O–H groups in total. The van der Waals surface area contributed by atoms with Gasteiger partial charge in [0.2, 0.25) is 0 Å². The average molecular weight is 364 g/mol. The Morgan fingerprint density at radius 3 is 2.60 bits per heavy atom. The number of sulfonamides is 1. The number of ether oxygens (including phenoxy) is 2. The first-order valence-corrected chi connectivity index (χ1v) is 8.87. The zero-order valence-corrected chi connectivity index (χ0v) is 14.2. The van der Waals surface area contributed by atoms with Crippen molar-refractivity contribution in [1.82, 2.24) is 0 Å². The summed E-state index contributed by atoms with van der Waals surface area (Å²) in [6.45, 7) is 0.0689. The van der Waals surface area contributed by atoms with E-state index in [1.54, 1.807) is 24.3 Å². The lowest BCUT2D eigenvalue weighted by Crippen LogP contribution is -2.38. The van der Waals surface area contributed by atoms with Crippen LogP contribution in [0.25, 0.3) is 0 Å². The van der Waals surface area contributed by atoms with Crippen LogP contribution >= 0.6 is 0 Å². The third-order valence-corrected chi connectivity index (χ3v) is 5.72. The van der Waals surface area contributed by atoms with Crippen molar-refractivity contribution in [3.63, 3.8) is 0 Å². The number of fused-ring (bicyclic) bond motifs is 1. The number of hydrogen-bond acceptors (Lipinski definition) is 6. The Hall–Kier alpha value is -2.49. The summed E-state index contributed by atoms with van der Waals surface area (Å²) in [6, 6.07) is 12.1. The van der Waals surface area contributed by atoms with Gasteiger partial charge in [-0.15, -0.1) is 0 Å². The number of nitrogens with zero attached hydrogens (tertiary/aromatic N) is 2. The van der Waals surface area contributed by atoms with Crippen molar-refractivity contribution in [1.29, 1.82) is 0 Å². The molecule has 132 valence electrons. The second kappa shape index (κ2) is 6.79. The SMILES string of the molecule is COC1CN(S(=O)(=O)c2ccccc2[N+](=O)[O-])c2ccccc2CO1. The molecule has 0 radical (unpaired) electrons. The Morgan fingerprint density at radius 1 is 1.20 bits per heavy atom. The first-order chi connectivity index (χ1) is 11.9. The van der Waals surface area contributed by atoms with E-state index in [4.69, 9.17) is 9.47 Å². The first-order valence-electron chi connectivity index (χ1n) is 7.43. The standard InChI is InChI=1S/C16H16N2O6S/c1-23-16-10-17(13-7-3-2-6-12(13)11-24-16)25(21,22)15-9-5-4-8-14(15)18(19)20/h2-9,16H,10-11H2,1H3. The molecule has 0 fully saturated rings. The molecule has 0 amide bonds. The minimum atomic E-state index is -4.19. The van der Waals surface area contributed by atoms with Crippen molar-refractivity contribution in [3.8, 4) is 0 Å². The Bertz CT molecular complexity index is 899. The van der Waals surface area contributed by atoms with Gasteiger partial charge in [0.25, 0.3) is 15.7 Å². The number of anilines is 1. The molecule has 1 heterocycles. The molecule has 3 rings (SSSR count). The van der Waals surface area contributed by atoms with Crippen molar-refractivity contribution < 1.29 is 22.8 Å². The van der Waals surface area contributed by atoms with E-state index < -0.39 is 26.9 Å². The summed E-state index contributed by atoms with van der Waals surface area (Å²) in [7, 11) is -2.77. The van der Waals surface area contributed by atoms with E-state index in [1.165, 1.54) is 31.4 Å². The van der Waals surface area contributed by atoms with Gasteiger partial charge in [-0.2, -0.15) is 0 Å². The molecule has 0 aromatic heterocycles. The topological polar surface area (TPSA) is 99.0 Å². The molecule has 8 nitrogen and oxygen atoms in total. The summed E-state index contributed by atoms with van der Waals surface area (Å²) in [6.07, 6.45) is -0.787. The quantitative estimate of drug-likeness (QED) is 0.610. The number of hydrogen-bond donors (Lipinski definition) is 0. The fraction of sp³-hybridized carbons (Fsp3) is 0.250. The van der Waals surface area contributed by atoms with Crippen LogP contribution in [0.5, 0.6) is 0 Å². The van der Waals surface area contributed by atoms with Gasteiger partial charge in [0.15, 0.2) is 11.2 Å². The Labute approximate surface area is 144 Å². The Kier molecular flexibility index (Phi) is 4.71. The second-order valence-electron chi connectivity index (χ2n) is 5.37. The lowest BCUT2D eigenvalue weighted by atomic mass is 10.2. The van der Waals surface area contributed by atoms with E-state index >= 15 is 0 Å². The van der Waals surface area contributed by atoms with Gasteiger partial charge < -0.3 is 9.47 Å². The predicted octanol–water partition coefficient (Wildman–Crippen LogP) is 2.29. The Balaban J connectivity index is 2.17. The van der Waals surface area contributed by atoms with Crippen molar-refractivity contribution >= 4 is 21.4 Å². The lowest BCUT2D eigenvalue weighted by molar-refractivity contribution is -0.387.